The SMILES string of the molecule is CC(C)(C)C1=Nc2ccccc2[C@@]2(C1)SC(C)(C)C2(C)C. The van der Waals surface area contributed by atoms with Crippen molar-refractivity contribution in [3.63, 3.8) is 0 Å². The Labute approximate surface area is 133 Å². The van der Waals surface area contributed by atoms with Crippen LogP contribution in [0.25, 0.3) is 0 Å². The van der Waals surface area contributed by atoms with Crippen molar-refractivity contribution >= 4 is 23.2 Å². The zero-order valence-electron chi connectivity index (χ0n) is 14.4. The first-order chi connectivity index (χ1) is 9.51. The monoisotopic (exact) mass is 301 g/mol. The maximum Gasteiger partial charge on any atom is 0.0675 e. The van der Waals surface area contributed by atoms with E-state index < -0.39 is 0 Å². The molecule has 0 aromatic heterocycles. The molecule has 0 aliphatic carbocycles. The Balaban J connectivity index is 2.19. The number of thioether (sulfide) groups is 1. The zero-order valence-corrected chi connectivity index (χ0v) is 15.2. The summed E-state index contributed by atoms with van der Waals surface area (Å²) in [5.41, 5.74) is 4.36. The van der Waals surface area contributed by atoms with E-state index in [4.69, 9.17) is 4.99 Å². The smallest absolute Gasteiger partial charge is 0.0675 e. The van der Waals surface area contributed by atoms with E-state index >= 15 is 0 Å². The molecule has 3 rings (SSSR count). The molecule has 0 N–H and O–H groups in total. The highest BCUT2D eigenvalue weighted by Gasteiger charge is 2.67. The summed E-state index contributed by atoms with van der Waals surface area (Å²) in [7, 11) is 0. The summed E-state index contributed by atoms with van der Waals surface area (Å²) in [6.07, 6.45) is 1.08. The van der Waals surface area contributed by atoms with Gasteiger partial charge in [-0.3, -0.25) is 4.99 Å². The van der Waals surface area contributed by atoms with Crippen LogP contribution in [0.3, 0.4) is 0 Å². The van der Waals surface area contributed by atoms with Gasteiger partial charge in [0.25, 0.3) is 0 Å². The predicted molar refractivity (Wildman–Crippen MR) is 94.7 cm³/mol. The average molecular weight is 301 g/mol. The summed E-state index contributed by atoms with van der Waals surface area (Å²) in [5.74, 6) is 0. The molecule has 2 heterocycles. The number of fused-ring (bicyclic) bond motifs is 2. The lowest BCUT2D eigenvalue weighted by atomic mass is 9.61. The standard InChI is InChI=1S/C19H27NS/c1-16(2,3)15-12-19(17(4,5)18(6,7)21-19)13-10-8-9-11-14(13)20-15/h8-11H,12H2,1-7H3/t19-/m1/s1. The van der Waals surface area contributed by atoms with Gasteiger partial charge in [0.2, 0.25) is 0 Å². The Morgan fingerprint density at radius 2 is 1.67 bits per heavy atom. The summed E-state index contributed by atoms with van der Waals surface area (Å²) in [6.45, 7) is 16.5. The second kappa shape index (κ2) is 4.16. The fourth-order valence-corrected chi connectivity index (χ4v) is 5.79. The van der Waals surface area contributed by atoms with E-state index in [0.717, 1.165) is 6.42 Å². The van der Waals surface area contributed by atoms with Crippen molar-refractivity contribution in [2.45, 2.75) is 64.4 Å². The Morgan fingerprint density at radius 3 is 2.19 bits per heavy atom. The van der Waals surface area contributed by atoms with Gasteiger partial charge in [0, 0.05) is 22.3 Å². The van der Waals surface area contributed by atoms with Crippen LogP contribution in [0.5, 0.6) is 0 Å². The molecule has 1 saturated heterocycles. The van der Waals surface area contributed by atoms with Crippen LogP contribution >= 0.6 is 11.8 Å². The quantitative estimate of drug-likeness (QED) is 0.576. The normalized spacial score (nSPS) is 29.6. The van der Waals surface area contributed by atoms with Gasteiger partial charge in [-0.25, -0.2) is 0 Å². The molecule has 0 unspecified atom stereocenters. The van der Waals surface area contributed by atoms with Crippen molar-refractivity contribution in [1.82, 2.24) is 0 Å². The van der Waals surface area contributed by atoms with E-state index in [0.29, 0.717) is 4.75 Å². The van der Waals surface area contributed by atoms with Gasteiger partial charge in [0.1, 0.15) is 0 Å². The van der Waals surface area contributed by atoms with Gasteiger partial charge in [-0.2, -0.15) is 0 Å². The summed E-state index contributed by atoms with van der Waals surface area (Å²) >= 11 is 2.14. The van der Waals surface area contributed by atoms with Crippen LogP contribution in [-0.2, 0) is 4.75 Å². The molecule has 1 fully saturated rings. The van der Waals surface area contributed by atoms with Crippen LogP contribution in [0.1, 0.15) is 60.5 Å². The summed E-state index contributed by atoms with van der Waals surface area (Å²) in [4.78, 5) is 5.01. The summed E-state index contributed by atoms with van der Waals surface area (Å²) in [5, 5.41) is 0. The minimum absolute atomic E-state index is 0.136. The van der Waals surface area contributed by atoms with Crippen molar-refractivity contribution in [1.29, 1.82) is 0 Å². The highest BCUT2D eigenvalue weighted by atomic mass is 32.2. The van der Waals surface area contributed by atoms with Crippen molar-refractivity contribution in [2.75, 3.05) is 0 Å². The Kier molecular flexibility index (Phi) is 3.00. The molecule has 1 aromatic carbocycles. The fraction of sp³-hybridized carbons (Fsp3) is 0.632. The molecule has 1 spiro atoms. The Bertz CT molecular complexity index is 619. The van der Waals surface area contributed by atoms with Crippen LogP contribution in [-0.4, -0.2) is 10.5 Å². The predicted octanol–water partition coefficient (Wildman–Crippen LogP) is 5.96. The maximum absolute atomic E-state index is 5.01. The molecule has 114 valence electrons. The van der Waals surface area contributed by atoms with Crippen LogP contribution in [0.4, 0.5) is 5.69 Å². The molecule has 1 aromatic rings. The largest absolute Gasteiger partial charge is 0.257 e. The molecule has 0 saturated carbocycles. The number of nitrogens with zero attached hydrogens (tertiary/aromatic N) is 1. The number of benzene rings is 1. The number of aliphatic imine (C=N–C) groups is 1. The van der Waals surface area contributed by atoms with Gasteiger partial charge in [-0.15, -0.1) is 11.8 Å². The van der Waals surface area contributed by atoms with Crippen LogP contribution in [0, 0.1) is 10.8 Å². The highest BCUT2D eigenvalue weighted by Crippen LogP contribution is 2.75. The topological polar surface area (TPSA) is 12.4 Å². The number of hydrogen-bond donors (Lipinski definition) is 0. The van der Waals surface area contributed by atoms with E-state index in [9.17, 15) is 0 Å². The number of rotatable bonds is 0. The van der Waals surface area contributed by atoms with Gasteiger partial charge in [0.15, 0.2) is 0 Å². The van der Waals surface area contributed by atoms with Crippen LogP contribution < -0.4 is 0 Å². The van der Waals surface area contributed by atoms with Gasteiger partial charge in [0.05, 0.1) is 10.4 Å². The minimum atomic E-state index is 0.136. The molecular formula is C19H27NS. The third-order valence-corrected chi connectivity index (χ3v) is 8.06. The van der Waals surface area contributed by atoms with Crippen LogP contribution in [0.2, 0.25) is 0 Å². The molecule has 1 atom stereocenters. The molecule has 2 aliphatic rings. The lowest BCUT2D eigenvalue weighted by molar-refractivity contribution is 0.150. The lowest BCUT2D eigenvalue weighted by Crippen LogP contribution is -2.63. The van der Waals surface area contributed by atoms with E-state index in [1.807, 2.05) is 0 Å². The van der Waals surface area contributed by atoms with Crippen molar-refractivity contribution in [3.05, 3.63) is 29.8 Å². The van der Waals surface area contributed by atoms with E-state index in [1.54, 1.807) is 0 Å². The van der Waals surface area contributed by atoms with Crippen molar-refractivity contribution in [3.8, 4) is 0 Å². The summed E-state index contributed by atoms with van der Waals surface area (Å²) in [6, 6.07) is 8.76. The van der Waals surface area contributed by atoms with Crippen LogP contribution in [0.15, 0.2) is 29.3 Å². The first-order valence-corrected chi connectivity index (χ1v) is 8.71. The number of para-hydroxylation sites is 1. The third kappa shape index (κ3) is 1.87. The Hall–Kier alpha value is -0.760. The zero-order chi connectivity index (χ0) is 15.7. The van der Waals surface area contributed by atoms with E-state index in [-0.39, 0.29) is 15.6 Å². The molecule has 2 aliphatic heterocycles. The molecule has 1 nitrogen and oxygen atoms in total. The van der Waals surface area contributed by atoms with Gasteiger partial charge < -0.3 is 0 Å². The van der Waals surface area contributed by atoms with Crippen molar-refractivity contribution in [2.24, 2.45) is 15.8 Å². The Morgan fingerprint density at radius 1 is 1.05 bits per heavy atom. The molecule has 0 radical (unpaired) electrons. The molecular weight excluding hydrogens is 274 g/mol. The third-order valence-electron chi connectivity index (χ3n) is 5.82. The molecule has 0 bridgehead atoms. The number of hydrogen-bond acceptors (Lipinski definition) is 2. The fourth-order valence-electron chi connectivity index (χ4n) is 3.64. The van der Waals surface area contributed by atoms with Gasteiger partial charge in [-0.05, 0) is 17.0 Å². The highest BCUT2D eigenvalue weighted by molar-refractivity contribution is 8.03. The second-order valence-corrected chi connectivity index (χ2v) is 10.5. The average Bonchev–Trinajstić information content (AvgIpc) is 2.36. The molecule has 0 amide bonds. The van der Waals surface area contributed by atoms with E-state index in [2.05, 4.69) is 84.5 Å². The molecule has 21 heavy (non-hydrogen) atoms. The first kappa shape index (κ1) is 15.1. The second-order valence-electron chi connectivity index (χ2n) is 8.57. The van der Waals surface area contributed by atoms with Gasteiger partial charge in [-0.1, -0.05) is 66.7 Å². The maximum atomic E-state index is 5.01. The van der Waals surface area contributed by atoms with Gasteiger partial charge >= 0.3 is 0 Å². The van der Waals surface area contributed by atoms with E-state index in [1.165, 1.54) is 17.0 Å². The first-order valence-electron chi connectivity index (χ1n) is 7.89. The summed E-state index contributed by atoms with van der Waals surface area (Å²) < 4.78 is 0.484. The van der Waals surface area contributed by atoms with Crippen molar-refractivity contribution < 1.29 is 0 Å². The molecule has 2 heteroatoms. The lowest BCUT2D eigenvalue weighted by Gasteiger charge is -2.68. The minimum Gasteiger partial charge on any atom is -0.257 e.